The summed E-state index contributed by atoms with van der Waals surface area (Å²) in [6.45, 7) is 1.31. The van der Waals surface area contributed by atoms with Crippen LogP contribution in [0.2, 0.25) is 0 Å². The maximum Gasteiger partial charge on any atom is 0.229 e. The summed E-state index contributed by atoms with van der Waals surface area (Å²) in [7, 11) is 1.72. The molecule has 0 aliphatic heterocycles. The first-order valence-electron chi connectivity index (χ1n) is 9.85. The molecule has 12 heteroatoms. The third-order valence-electron chi connectivity index (χ3n) is 4.62. The molecule has 0 radical (unpaired) electrons. The number of amides is 1. The van der Waals surface area contributed by atoms with Crippen molar-refractivity contribution in [1.29, 1.82) is 0 Å². The summed E-state index contributed by atoms with van der Waals surface area (Å²) < 4.78 is 44.2. The molecule has 4 aromatic rings. The molecular formula is C22H18F3N7O2. The largest absolute Gasteiger partial charge is 0.503 e. The van der Waals surface area contributed by atoms with Crippen molar-refractivity contribution in [1.82, 2.24) is 19.7 Å². The molecule has 1 amide bonds. The Hall–Kier alpha value is -4.61. The lowest BCUT2D eigenvalue weighted by atomic mass is 10.1. The maximum atomic E-state index is 14.6. The fraction of sp³-hybridized carbons (Fsp3) is 0.0909. The van der Waals surface area contributed by atoms with Gasteiger partial charge in [0.05, 0.1) is 17.6 Å². The number of nitrogens with one attached hydrogen (secondary N) is 3. The predicted molar refractivity (Wildman–Crippen MR) is 120 cm³/mol. The van der Waals surface area contributed by atoms with E-state index in [9.17, 15) is 23.1 Å². The number of carbonyl (C=O) groups excluding carboxylic acids is 1. The van der Waals surface area contributed by atoms with Crippen LogP contribution in [0.5, 0.6) is 5.75 Å². The summed E-state index contributed by atoms with van der Waals surface area (Å²) in [4.78, 5) is 19.9. The van der Waals surface area contributed by atoms with E-state index in [2.05, 4.69) is 31.0 Å². The molecule has 4 rings (SSSR count). The quantitative estimate of drug-likeness (QED) is 0.330. The zero-order valence-corrected chi connectivity index (χ0v) is 17.9. The van der Waals surface area contributed by atoms with Gasteiger partial charge < -0.3 is 21.1 Å². The maximum absolute atomic E-state index is 14.6. The Labute approximate surface area is 191 Å². The highest BCUT2D eigenvalue weighted by molar-refractivity contribution is 5.89. The summed E-state index contributed by atoms with van der Waals surface area (Å²) in [5, 5.41) is 21.7. The van der Waals surface area contributed by atoms with Gasteiger partial charge in [-0.2, -0.15) is 10.1 Å². The predicted octanol–water partition coefficient (Wildman–Crippen LogP) is 4.45. The fourth-order valence-corrected chi connectivity index (χ4v) is 3.11. The number of nitrogens with zero attached hydrogens (tertiary/aromatic N) is 4. The second-order valence-electron chi connectivity index (χ2n) is 7.27. The summed E-state index contributed by atoms with van der Waals surface area (Å²) in [5.74, 6) is -4.40. The number of aromatic hydroxyl groups is 1. The summed E-state index contributed by atoms with van der Waals surface area (Å²) in [6.07, 6.45) is 4.49. The molecule has 0 bridgehead atoms. The van der Waals surface area contributed by atoms with Crippen molar-refractivity contribution in [2.75, 3.05) is 16.0 Å². The number of benzene rings is 2. The van der Waals surface area contributed by atoms with Crippen molar-refractivity contribution in [2.24, 2.45) is 7.05 Å². The molecule has 2 aromatic heterocycles. The highest BCUT2D eigenvalue weighted by Crippen LogP contribution is 2.34. The second-order valence-corrected chi connectivity index (χ2v) is 7.27. The number of phenols is 1. The van der Waals surface area contributed by atoms with Crippen molar-refractivity contribution in [3.63, 3.8) is 0 Å². The first kappa shape index (κ1) is 22.6. The van der Waals surface area contributed by atoms with Gasteiger partial charge in [0.1, 0.15) is 11.6 Å². The number of aryl methyl sites for hydroxylation is 1. The molecule has 0 aliphatic carbocycles. The number of carbonyl (C=O) groups is 1. The van der Waals surface area contributed by atoms with Crippen molar-refractivity contribution in [3.8, 4) is 16.9 Å². The lowest BCUT2D eigenvalue weighted by molar-refractivity contribution is -0.114. The summed E-state index contributed by atoms with van der Waals surface area (Å²) in [6, 6.07) is 5.67. The number of aromatic nitrogens is 4. The zero-order chi connectivity index (χ0) is 24.4. The molecule has 4 N–H and O–H groups in total. The molecule has 0 aliphatic rings. The minimum absolute atomic E-state index is 0.00153. The van der Waals surface area contributed by atoms with Gasteiger partial charge in [0.15, 0.2) is 17.4 Å². The molecule has 2 aromatic carbocycles. The Morgan fingerprint density at radius 1 is 1.00 bits per heavy atom. The van der Waals surface area contributed by atoms with Crippen LogP contribution in [0.4, 0.5) is 42.0 Å². The van der Waals surface area contributed by atoms with Crippen molar-refractivity contribution in [3.05, 3.63) is 66.4 Å². The number of anilines is 5. The number of phenolic OH excluding ortho intramolecular Hbond substituents is 1. The molecule has 34 heavy (non-hydrogen) atoms. The SMILES string of the molecule is CC(=O)Nc1ccc(F)c(Nc2nc(Nc3cnn(C)c3)ncc2-c2cc(F)c(O)c(F)c2)c1. The van der Waals surface area contributed by atoms with Crippen LogP contribution in [0.15, 0.2) is 48.9 Å². The third kappa shape index (κ3) is 4.90. The van der Waals surface area contributed by atoms with Crippen LogP contribution < -0.4 is 16.0 Å². The van der Waals surface area contributed by atoms with Gasteiger partial charge in [0.25, 0.3) is 0 Å². The average molecular weight is 469 g/mol. The highest BCUT2D eigenvalue weighted by atomic mass is 19.1. The van der Waals surface area contributed by atoms with Crippen LogP contribution in [0.25, 0.3) is 11.1 Å². The molecule has 2 heterocycles. The van der Waals surface area contributed by atoms with E-state index in [4.69, 9.17) is 0 Å². The molecule has 0 saturated carbocycles. The highest BCUT2D eigenvalue weighted by Gasteiger charge is 2.17. The van der Waals surface area contributed by atoms with Crippen LogP contribution >= 0.6 is 0 Å². The molecule has 0 atom stereocenters. The van der Waals surface area contributed by atoms with Crippen LogP contribution in [-0.2, 0) is 11.8 Å². The van der Waals surface area contributed by atoms with Gasteiger partial charge in [-0.1, -0.05) is 0 Å². The Balaban J connectivity index is 1.79. The van der Waals surface area contributed by atoms with Gasteiger partial charge >= 0.3 is 0 Å². The number of rotatable bonds is 6. The van der Waals surface area contributed by atoms with Crippen molar-refractivity contribution < 1.29 is 23.1 Å². The van der Waals surface area contributed by atoms with Gasteiger partial charge in [0, 0.05) is 37.6 Å². The van der Waals surface area contributed by atoms with E-state index in [0.29, 0.717) is 11.4 Å². The minimum atomic E-state index is -1.18. The topological polar surface area (TPSA) is 117 Å². The fourth-order valence-electron chi connectivity index (χ4n) is 3.11. The average Bonchev–Trinajstić information content (AvgIpc) is 3.18. The molecule has 0 spiro atoms. The van der Waals surface area contributed by atoms with E-state index in [0.717, 1.165) is 18.2 Å². The minimum Gasteiger partial charge on any atom is -0.503 e. The van der Waals surface area contributed by atoms with E-state index >= 15 is 0 Å². The van der Waals surface area contributed by atoms with Gasteiger partial charge in [-0.15, -0.1) is 0 Å². The van der Waals surface area contributed by atoms with Gasteiger partial charge in [-0.05, 0) is 35.9 Å². The normalized spacial score (nSPS) is 10.7. The Morgan fingerprint density at radius 3 is 2.38 bits per heavy atom. The molecule has 174 valence electrons. The van der Waals surface area contributed by atoms with E-state index < -0.39 is 23.2 Å². The zero-order valence-electron chi connectivity index (χ0n) is 17.9. The molecule has 0 unspecified atom stereocenters. The van der Waals surface area contributed by atoms with Gasteiger partial charge in [0.2, 0.25) is 11.9 Å². The smallest absolute Gasteiger partial charge is 0.229 e. The van der Waals surface area contributed by atoms with Gasteiger partial charge in [-0.25, -0.2) is 18.2 Å². The van der Waals surface area contributed by atoms with Crippen LogP contribution in [-0.4, -0.2) is 30.8 Å². The van der Waals surface area contributed by atoms with E-state index in [1.165, 1.54) is 31.5 Å². The van der Waals surface area contributed by atoms with Crippen molar-refractivity contribution >= 4 is 34.7 Å². The standard InChI is InChI=1S/C22H18F3N7O2/c1-11(33)28-13-3-4-16(23)19(7-13)30-21-15(12-5-17(24)20(34)18(25)6-12)9-26-22(31-21)29-14-8-27-32(2)10-14/h3-10,34H,1-2H3,(H,28,33)(H2,26,29,30,31). The number of halogens is 3. The number of hydrogen-bond donors (Lipinski definition) is 4. The molecule has 0 saturated heterocycles. The van der Waals surface area contributed by atoms with E-state index in [1.54, 1.807) is 17.9 Å². The Kier molecular flexibility index (Phi) is 6.04. The van der Waals surface area contributed by atoms with Crippen molar-refractivity contribution in [2.45, 2.75) is 6.92 Å². The van der Waals surface area contributed by atoms with E-state index in [1.807, 2.05) is 0 Å². The lowest BCUT2D eigenvalue weighted by Crippen LogP contribution is -2.07. The molecular weight excluding hydrogens is 451 g/mol. The third-order valence-corrected chi connectivity index (χ3v) is 4.62. The monoisotopic (exact) mass is 469 g/mol. The van der Waals surface area contributed by atoms with Crippen LogP contribution in [0.1, 0.15) is 6.92 Å². The number of hydrogen-bond acceptors (Lipinski definition) is 7. The summed E-state index contributed by atoms with van der Waals surface area (Å²) >= 11 is 0. The summed E-state index contributed by atoms with van der Waals surface area (Å²) in [5.41, 5.74) is 0.961. The van der Waals surface area contributed by atoms with Crippen LogP contribution in [0, 0.1) is 17.5 Å². The van der Waals surface area contributed by atoms with Crippen LogP contribution in [0.3, 0.4) is 0 Å². The van der Waals surface area contributed by atoms with E-state index in [-0.39, 0.29) is 34.5 Å². The first-order valence-corrected chi connectivity index (χ1v) is 9.85. The first-order chi connectivity index (χ1) is 16.2. The Bertz CT molecular complexity index is 1370. The molecule has 9 nitrogen and oxygen atoms in total. The molecule has 0 fully saturated rings. The Morgan fingerprint density at radius 2 is 1.74 bits per heavy atom. The van der Waals surface area contributed by atoms with Gasteiger partial charge in [-0.3, -0.25) is 9.48 Å². The second kappa shape index (κ2) is 9.10. The lowest BCUT2D eigenvalue weighted by Gasteiger charge is -2.15.